The number of benzene rings is 4. The predicted molar refractivity (Wildman–Crippen MR) is 286 cm³/mol. The molecule has 6 N–H and O–H groups in total. The molecule has 0 spiro atoms. The zero-order chi connectivity index (χ0) is 54.7. The number of aromatic nitrogens is 2. The van der Waals surface area contributed by atoms with E-state index in [0.29, 0.717) is 98.8 Å². The Balaban J connectivity index is 0.000000219. The molecule has 0 radical (unpaired) electrons. The Hall–Kier alpha value is -6.24. The van der Waals surface area contributed by atoms with E-state index in [2.05, 4.69) is 26.3 Å². The third-order valence-corrected chi connectivity index (χ3v) is 12.8. The van der Waals surface area contributed by atoms with Gasteiger partial charge in [0.25, 0.3) is 11.8 Å². The average Bonchev–Trinajstić information content (AvgIpc) is 4.18. The van der Waals surface area contributed by atoms with Gasteiger partial charge < -0.3 is 50.7 Å². The maximum atomic E-state index is 14.6. The number of morpholine rings is 2. The molecule has 9 rings (SSSR count). The fourth-order valence-electron chi connectivity index (χ4n) is 8.63. The van der Waals surface area contributed by atoms with Crippen molar-refractivity contribution in [2.24, 2.45) is 5.73 Å². The summed E-state index contributed by atoms with van der Waals surface area (Å²) >= 11 is 11.4. The number of imidazole rings is 1. The molecule has 0 saturated carbocycles. The highest BCUT2D eigenvalue weighted by Crippen LogP contribution is 2.37. The molecule has 2 fully saturated rings. The number of hydrogen-bond acceptors (Lipinski definition) is 13. The van der Waals surface area contributed by atoms with Gasteiger partial charge in [-0.3, -0.25) is 14.5 Å². The van der Waals surface area contributed by atoms with Crippen molar-refractivity contribution in [1.82, 2.24) is 25.1 Å². The Kier molecular flexibility index (Phi) is 22.9. The number of carbonyl (C=O) groups is 5. The van der Waals surface area contributed by atoms with Crippen molar-refractivity contribution in [2.45, 2.75) is 76.2 Å². The molecular weight excluding hydrogens is 1110 g/mol. The fraction of sp³-hybridized carbons (Fsp3) is 0.385. The lowest BCUT2D eigenvalue weighted by Crippen LogP contribution is -2.52. The number of fused-ring (bicyclic) bond motifs is 2. The van der Waals surface area contributed by atoms with E-state index in [1.807, 2.05) is 0 Å². The van der Waals surface area contributed by atoms with Gasteiger partial charge in [-0.1, -0.05) is 23.2 Å². The summed E-state index contributed by atoms with van der Waals surface area (Å²) in [5.41, 5.74) is 8.48. The molecule has 4 atom stereocenters. The van der Waals surface area contributed by atoms with Crippen LogP contribution in [0, 0.1) is 23.3 Å². The SMILES string of the molecule is CC(C)(C)OC(=O)N1CCOC[C@H]1COC(=O)n1ccnc1.Cl.Cl.N[C@H]1CCc2c(C(=O)Nc3ccc(F)c(Cl)c3)ccc(F)c21.O=C(N[C@H]1CCc2c(C(=O)Nc3ccc(F)c(Cl)c3)ccc(F)c21)OC[C@@H]1COCCN1. The standard InChI is InChI=1S/C22H22ClF2N3O4.C16H13ClF2N2O.C14H21N3O5.2ClH/c23-16-9-12(1-4-17(16)24)27-21(29)15-2-5-18(25)20-14(15)3-6-19(20)28-22(30)32-11-13-10-31-8-7-26-13;17-11-7-8(1-4-12(11)18)21-16(22)10-2-5-13(19)15-9(10)3-6-14(15)20;1-14(2,3)22-13(19)17-6-7-20-8-11(17)9-21-12(18)16-5-4-15-10-16;;/h1-2,4-5,9,13,19,26H,3,6-8,10-11H2,(H,27,29)(H,28,30);1-2,4-5,7,14H,3,6,20H2,(H,21,22);4-5,10-11H,6-9H2,1-3H3;2*1H/t13-,19-;14-;11-;;/m000../s1. The van der Waals surface area contributed by atoms with Gasteiger partial charge in [-0.15, -0.1) is 24.8 Å². The molecule has 3 heterocycles. The van der Waals surface area contributed by atoms with Crippen molar-refractivity contribution in [3.8, 4) is 0 Å². The molecule has 1 aromatic heterocycles. The van der Waals surface area contributed by atoms with E-state index in [1.165, 1.54) is 82.8 Å². The summed E-state index contributed by atoms with van der Waals surface area (Å²) in [6.07, 6.45) is 4.69. The molecule has 4 amide bonds. The quantitative estimate of drug-likeness (QED) is 0.0685. The number of nitrogens with two attached hydrogens (primary N) is 1. The first-order valence-electron chi connectivity index (χ1n) is 24.1. The number of ether oxygens (including phenoxy) is 5. The highest BCUT2D eigenvalue weighted by atomic mass is 35.5. The van der Waals surface area contributed by atoms with Gasteiger partial charge in [0, 0.05) is 65.2 Å². The lowest BCUT2D eigenvalue weighted by atomic mass is 10.0. The number of nitrogens with zero attached hydrogens (tertiary/aromatic N) is 3. The lowest BCUT2D eigenvalue weighted by Gasteiger charge is -2.36. The molecule has 2 saturated heterocycles. The summed E-state index contributed by atoms with van der Waals surface area (Å²) < 4.78 is 82.6. The summed E-state index contributed by atoms with van der Waals surface area (Å²) in [5, 5.41) is 10.9. The Labute approximate surface area is 469 Å². The third kappa shape index (κ3) is 16.6. The number of nitrogens with one attached hydrogen (secondary N) is 4. The first-order valence-corrected chi connectivity index (χ1v) is 24.9. The number of hydrogen-bond donors (Lipinski definition) is 5. The van der Waals surface area contributed by atoms with Crippen molar-refractivity contribution in [2.75, 3.05) is 63.4 Å². The van der Waals surface area contributed by atoms with Gasteiger partial charge >= 0.3 is 18.3 Å². The first-order chi connectivity index (χ1) is 36.3. The Morgan fingerprint density at radius 3 is 1.90 bits per heavy atom. The Morgan fingerprint density at radius 1 is 0.756 bits per heavy atom. The van der Waals surface area contributed by atoms with Gasteiger partial charge in [0.2, 0.25) is 0 Å². The second kappa shape index (κ2) is 28.6. The summed E-state index contributed by atoms with van der Waals surface area (Å²) in [4.78, 5) is 66.7. The molecule has 0 bridgehead atoms. The van der Waals surface area contributed by atoms with Gasteiger partial charge in [-0.05, 0) is 118 Å². The maximum absolute atomic E-state index is 14.6. The van der Waals surface area contributed by atoms with Gasteiger partial charge in [-0.25, -0.2) is 41.5 Å². The lowest BCUT2D eigenvalue weighted by molar-refractivity contribution is -0.0460. The molecule has 26 heteroatoms. The van der Waals surface area contributed by atoms with Gasteiger partial charge in [0.05, 0.1) is 54.6 Å². The van der Waals surface area contributed by atoms with Gasteiger partial charge in [0.1, 0.15) is 48.4 Å². The van der Waals surface area contributed by atoms with Crippen LogP contribution in [0.25, 0.3) is 0 Å². The monoisotopic (exact) mass is 1170 g/mol. The zero-order valence-corrected chi connectivity index (χ0v) is 45.5. The van der Waals surface area contributed by atoms with Crippen molar-refractivity contribution in [1.29, 1.82) is 0 Å². The molecule has 78 heavy (non-hydrogen) atoms. The Morgan fingerprint density at radius 2 is 1.33 bits per heavy atom. The van der Waals surface area contributed by atoms with E-state index in [4.69, 9.17) is 52.6 Å². The van der Waals surface area contributed by atoms with Crippen LogP contribution in [-0.4, -0.2) is 115 Å². The van der Waals surface area contributed by atoms with Gasteiger partial charge in [0.15, 0.2) is 0 Å². The molecule has 0 unspecified atom stereocenters. The van der Waals surface area contributed by atoms with Gasteiger partial charge in [-0.2, -0.15) is 0 Å². The number of alkyl carbamates (subject to hydrolysis) is 1. The Bertz CT molecular complexity index is 2920. The van der Waals surface area contributed by atoms with Crippen LogP contribution in [0.5, 0.6) is 0 Å². The molecule has 2 aliphatic carbocycles. The number of anilines is 2. The topological polar surface area (TPSA) is 227 Å². The highest BCUT2D eigenvalue weighted by Gasteiger charge is 2.34. The van der Waals surface area contributed by atoms with E-state index >= 15 is 0 Å². The molecule has 5 aromatic rings. The number of halogens is 8. The average molecular weight is 1170 g/mol. The molecular formula is C52H58Cl4F4N8O10. The minimum absolute atomic E-state index is 0. The first kappa shape index (κ1) is 62.6. The normalized spacial score (nSPS) is 18.1. The summed E-state index contributed by atoms with van der Waals surface area (Å²) in [7, 11) is 0. The van der Waals surface area contributed by atoms with Crippen LogP contribution in [-0.2, 0) is 36.5 Å². The van der Waals surface area contributed by atoms with Crippen molar-refractivity contribution >= 4 is 89.5 Å². The third-order valence-electron chi connectivity index (χ3n) is 12.2. The summed E-state index contributed by atoms with van der Waals surface area (Å²) in [5.74, 6) is -2.93. The van der Waals surface area contributed by atoms with E-state index in [0.717, 1.165) is 6.07 Å². The number of amides is 4. The minimum Gasteiger partial charge on any atom is -0.448 e. The van der Waals surface area contributed by atoms with Crippen LogP contribution >= 0.6 is 48.0 Å². The van der Waals surface area contributed by atoms with Crippen LogP contribution < -0.4 is 27.0 Å². The van der Waals surface area contributed by atoms with Crippen molar-refractivity contribution < 1.29 is 65.2 Å². The fourth-order valence-corrected chi connectivity index (χ4v) is 8.99. The largest absolute Gasteiger partial charge is 0.448 e. The summed E-state index contributed by atoms with van der Waals surface area (Å²) in [6, 6.07) is 11.6. The molecule has 4 aliphatic rings. The smallest absolute Gasteiger partial charge is 0.419 e. The highest BCUT2D eigenvalue weighted by molar-refractivity contribution is 6.31. The van der Waals surface area contributed by atoms with Crippen molar-refractivity contribution in [3.63, 3.8) is 0 Å². The van der Waals surface area contributed by atoms with E-state index in [9.17, 15) is 41.5 Å². The minimum atomic E-state index is -0.662. The molecule has 4 aromatic carbocycles. The number of carbonyl (C=O) groups excluding carboxylic acids is 5. The number of rotatable bonds is 9. The molecule has 2 aliphatic heterocycles. The van der Waals surface area contributed by atoms with Crippen LogP contribution in [0.2, 0.25) is 10.0 Å². The summed E-state index contributed by atoms with van der Waals surface area (Å²) in [6.45, 7) is 8.48. The van der Waals surface area contributed by atoms with Crippen LogP contribution in [0.4, 0.5) is 43.3 Å². The van der Waals surface area contributed by atoms with Crippen LogP contribution in [0.1, 0.15) is 88.7 Å². The second-order valence-corrected chi connectivity index (χ2v) is 19.6. The van der Waals surface area contributed by atoms with E-state index < -0.39 is 59.2 Å². The molecule has 422 valence electrons. The van der Waals surface area contributed by atoms with Crippen LogP contribution in [0.15, 0.2) is 79.4 Å². The van der Waals surface area contributed by atoms with E-state index in [-0.39, 0.29) is 83.1 Å². The van der Waals surface area contributed by atoms with E-state index in [1.54, 1.807) is 20.8 Å². The zero-order valence-electron chi connectivity index (χ0n) is 42.4. The predicted octanol–water partition coefficient (Wildman–Crippen LogP) is 9.74. The van der Waals surface area contributed by atoms with Crippen LogP contribution in [0.3, 0.4) is 0 Å². The second-order valence-electron chi connectivity index (χ2n) is 18.8. The molecule has 18 nitrogen and oxygen atoms in total. The maximum Gasteiger partial charge on any atom is 0.419 e. The van der Waals surface area contributed by atoms with Crippen molar-refractivity contribution in [3.05, 3.63) is 146 Å².